The Morgan fingerprint density at radius 1 is 1.40 bits per heavy atom. The van der Waals surface area contributed by atoms with Crippen LogP contribution in [0.3, 0.4) is 0 Å². The number of nitrogens with one attached hydrogen (secondary N) is 2. The van der Waals surface area contributed by atoms with Crippen molar-refractivity contribution in [3.63, 3.8) is 0 Å². The van der Waals surface area contributed by atoms with Crippen LogP contribution in [0.2, 0.25) is 0 Å². The zero-order valence-corrected chi connectivity index (χ0v) is 13.5. The van der Waals surface area contributed by atoms with Gasteiger partial charge in [0, 0.05) is 44.2 Å². The average Bonchev–Trinajstić information content (AvgIpc) is 2.84. The van der Waals surface area contributed by atoms with Crippen molar-refractivity contribution in [2.24, 2.45) is 15.8 Å². The van der Waals surface area contributed by atoms with Crippen LogP contribution in [0.25, 0.3) is 0 Å². The highest BCUT2D eigenvalue weighted by molar-refractivity contribution is 5.80. The highest BCUT2D eigenvalue weighted by Crippen LogP contribution is 2.42. The maximum absolute atomic E-state index is 5.49. The molecule has 0 aromatic rings. The zero-order valence-electron chi connectivity index (χ0n) is 13.5. The van der Waals surface area contributed by atoms with Crippen molar-refractivity contribution in [3.05, 3.63) is 0 Å². The summed E-state index contributed by atoms with van der Waals surface area (Å²) in [6.07, 6.45) is 2.47. The number of hydrogen-bond donors (Lipinski definition) is 2. The van der Waals surface area contributed by atoms with E-state index in [4.69, 9.17) is 9.47 Å². The Hall–Kier alpha value is -0.810. The highest BCUT2D eigenvalue weighted by Gasteiger charge is 2.49. The van der Waals surface area contributed by atoms with Crippen molar-refractivity contribution in [2.45, 2.75) is 45.8 Å². The molecule has 1 aliphatic heterocycles. The maximum atomic E-state index is 5.49. The molecule has 1 heterocycles. The smallest absolute Gasteiger partial charge is 0.191 e. The molecule has 2 aliphatic rings. The van der Waals surface area contributed by atoms with Gasteiger partial charge in [0.05, 0.1) is 12.7 Å². The zero-order chi connectivity index (χ0) is 14.8. The lowest BCUT2D eigenvalue weighted by molar-refractivity contribution is -0.0922. The third-order valence-electron chi connectivity index (χ3n) is 4.98. The molecule has 5 heteroatoms. The Morgan fingerprint density at radius 3 is 2.65 bits per heavy atom. The van der Waals surface area contributed by atoms with E-state index in [0.717, 1.165) is 38.6 Å². The van der Waals surface area contributed by atoms with Gasteiger partial charge in [-0.15, -0.1) is 0 Å². The molecule has 20 heavy (non-hydrogen) atoms. The van der Waals surface area contributed by atoms with Gasteiger partial charge in [-0.2, -0.15) is 0 Å². The Morgan fingerprint density at radius 2 is 2.15 bits per heavy atom. The summed E-state index contributed by atoms with van der Waals surface area (Å²) < 4.78 is 11.0. The normalized spacial score (nSPS) is 36.5. The molecule has 2 N–H and O–H groups in total. The lowest BCUT2D eigenvalue weighted by Crippen LogP contribution is -2.63. The second-order valence-electron chi connectivity index (χ2n) is 7.02. The summed E-state index contributed by atoms with van der Waals surface area (Å²) in [6, 6.07) is 0.409. The highest BCUT2D eigenvalue weighted by atomic mass is 16.5. The summed E-state index contributed by atoms with van der Waals surface area (Å²) >= 11 is 0. The molecule has 1 saturated heterocycles. The minimum atomic E-state index is 0.146. The van der Waals surface area contributed by atoms with Gasteiger partial charge in [0.1, 0.15) is 0 Å². The third kappa shape index (κ3) is 3.09. The van der Waals surface area contributed by atoms with Crippen LogP contribution < -0.4 is 10.6 Å². The number of nitrogens with zero attached hydrogens (tertiary/aromatic N) is 1. The van der Waals surface area contributed by atoms with E-state index in [2.05, 4.69) is 36.4 Å². The molecule has 3 atom stereocenters. The fourth-order valence-electron chi connectivity index (χ4n) is 3.04. The topological polar surface area (TPSA) is 54.9 Å². The number of ether oxygens (including phenoxy) is 2. The lowest BCUT2D eigenvalue weighted by Gasteiger charge is -2.51. The van der Waals surface area contributed by atoms with E-state index in [0.29, 0.717) is 12.1 Å². The Balaban J connectivity index is 1.82. The molecule has 0 bridgehead atoms. The molecule has 1 aliphatic carbocycles. The second-order valence-corrected chi connectivity index (χ2v) is 7.02. The number of hydrogen-bond acceptors (Lipinski definition) is 3. The molecular weight excluding hydrogens is 254 g/mol. The van der Waals surface area contributed by atoms with Gasteiger partial charge in [-0.25, -0.2) is 0 Å². The summed E-state index contributed by atoms with van der Waals surface area (Å²) in [7, 11) is 3.61. The first kappa shape index (κ1) is 15.6. The maximum Gasteiger partial charge on any atom is 0.191 e. The Kier molecular flexibility index (Phi) is 4.59. The summed E-state index contributed by atoms with van der Waals surface area (Å²) in [4.78, 5) is 4.33. The van der Waals surface area contributed by atoms with Crippen LogP contribution in [0.5, 0.6) is 0 Å². The molecule has 2 rings (SSSR count). The lowest BCUT2D eigenvalue weighted by atomic mass is 9.64. The van der Waals surface area contributed by atoms with Crippen LogP contribution in [0.4, 0.5) is 0 Å². The largest absolute Gasteiger partial charge is 0.381 e. The van der Waals surface area contributed by atoms with Gasteiger partial charge in [-0.3, -0.25) is 4.99 Å². The molecule has 0 aromatic carbocycles. The standard InChI is InChI=1S/C15H29N3O2/c1-14(2)11(8-12(14)19-5)18-13(16-4)17-9-15(3)6-7-20-10-15/h11-12H,6-10H2,1-5H3,(H2,16,17,18). The second kappa shape index (κ2) is 5.90. The van der Waals surface area contributed by atoms with Crippen LogP contribution in [-0.2, 0) is 9.47 Å². The predicted molar refractivity (Wildman–Crippen MR) is 81.0 cm³/mol. The van der Waals surface area contributed by atoms with Crippen LogP contribution in [0.15, 0.2) is 4.99 Å². The van der Waals surface area contributed by atoms with E-state index in [-0.39, 0.29) is 10.8 Å². The number of rotatable bonds is 4. The molecule has 116 valence electrons. The van der Waals surface area contributed by atoms with Crippen LogP contribution in [0, 0.1) is 10.8 Å². The molecular formula is C15H29N3O2. The van der Waals surface area contributed by atoms with Crippen LogP contribution >= 0.6 is 0 Å². The third-order valence-corrected chi connectivity index (χ3v) is 4.98. The van der Waals surface area contributed by atoms with Gasteiger partial charge in [0.2, 0.25) is 0 Å². The minimum absolute atomic E-state index is 0.146. The molecule has 0 aromatic heterocycles. The van der Waals surface area contributed by atoms with Crippen molar-refractivity contribution in [3.8, 4) is 0 Å². The molecule has 3 unspecified atom stereocenters. The van der Waals surface area contributed by atoms with E-state index in [1.54, 1.807) is 7.11 Å². The molecule has 0 spiro atoms. The van der Waals surface area contributed by atoms with Crippen LogP contribution in [0.1, 0.15) is 33.6 Å². The monoisotopic (exact) mass is 283 g/mol. The molecule has 5 nitrogen and oxygen atoms in total. The van der Waals surface area contributed by atoms with E-state index < -0.39 is 0 Å². The van der Waals surface area contributed by atoms with Crippen molar-refractivity contribution in [1.29, 1.82) is 0 Å². The number of guanidine groups is 1. The molecule has 0 amide bonds. The van der Waals surface area contributed by atoms with Gasteiger partial charge >= 0.3 is 0 Å². The van der Waals surface area contributed by atoms with Gasteiger partial charge in [0.25, 0.3) is 0 Å². The predicted octanol–water partition coefficient (Wildman–Crippen LogP) is 1.39. The first-order valence-corrected chi connectivity index (χ1v) is 7.49. The fourth-order valence-corrected chi connectivity index (χ4v) is 3.04. The first-order chi connectivity index (χ1) is 9.41. The average molecular weight is 283 g/mol. The van der Waals surface area contributed by atoms with Gasteiger partial charge in [0.15, 0.2) is 5.96 Å². The Labute approximate surface area is 122 Å². The van der Waals surface area contributed by atoms with Gasteiger partial charge < -0.3 is 20.1 Å². The first-order valence-electron chi connectivity index (χ1n) is 7.49. The molecule has 2 fully saturated rings. The summed E-state index contributed by atoms with van der Waals surface area (Å²) in [5.74, 6) is 0.880. The van der Waals surface area contributed by atoms with Gasteiger partial charge in [-0.05, 0) is 12.8 Å². The SMILES string of the molecule is CN=C(NCC1(C)CCOC1)NC1CC(OC)C1(C)C. The summed E-state index contributed by atoms with van der Waals surface area (Å²) in [5, 5.41) is 6.96. The van der Waals surface area contributed by atoms with Crippen LogP contribution in [-0.4, -0.2) is 52.0 Å². The minimum Gasteiger partial charge on any atom is -0.381 e. The Bertz CT molecular complexity index is 362. The van der Waals surface area contributed by atoms with Crippen molar-refractivity contribution in [2.75, 3.05) is 33.9 Å². The number of aliphatic imine (C=N–C) groups is 1. The quantitative estimate of drug-likeness (QED) is 0.605. The van der Waals surface area contributed by atoms with E-state index in [1.807, 2.05) is 7.05 Å². The van der Waals surface area contributed by atoms with Gasteiger partial charge in [-0.1, -0.05) is 20.8 Å². The number of methoxy groups -OCH3 is 1. The molecule has 1 saturated carbocycles. The van der Waals surface area contributed by atoms with Crippen molar-refractivity contribution in [1.82, 2.24) is 10.6 Å². The van der Waals surface area contributed by atoms with Crippen molar-refractivity contribution >= 4 is 5.96 Å². The summed E-state index contributed by atoms with van der Waals surface area (Å²) in [6.45, 7) is 9.33. The summed E-state index contributed by atoms with van der Waals surface area (Å²) in [5.41, 5.74) is 0.370. The molecule has 0 radical (unpaired) electrons. The fraction of sp³-hybridized carbons (Fsp3) is 0.933. The van der Waals surface area contributed by atoms with E-state index >= 15 is 0 Å². The van der Waals surface area contributed by atoms with Crippen molar-refractivity contribution < 1.29 is 9.47 Å². The van der Waals surface area contributed by atoms with E-state index in [1.165, 1.54) is 0 Å². The van der Waals surface area contributed by atoms with E-state index in [9.17, 15) is 0 Å².